The van der Waals surface area contributed by atoms with Crippen LogP contribution in [0.15, 0.2) is 12.1 Å². The predicted molar refractivity (Wildman–Crippen MR) is 88.8 cm³/mol. The molecule has 1 aliphatic heterocycles. The molecule has 1 aromatic rings. The zero-order valence-corrected chi connectivity index (χ0v) is 13.8. The van der Waals surface area contributed by atoms with Gasteiger partial charge in [0.25, 0.3) is 0 Å². The standard InChI is InChI=1S/C18H28N2O/c1-5-11-20-12-7-6-8-16(20)18(21)19-17-14(3)10-9-13(2)15(17)4/h9-10,16H,5-8,11-12H2,1-4H3,(H,19,21). The topological polar surface area (TPSA) is 32.3 Å². The van der Waals surface area contributed by atoms with Crippen LogP contribution in [-0.4, -0.2) is 29.9 Å². The number of hydrogen-bond donors (Lipinski definition) is 1. The van der Waals surface area contributed by atoms with Gasteiger partial charge in [0, 0.05) is 5.69 Å². The number of carbonyl (C=O) groups excluding carboxylic acids is 1. The summed E-state index contributed by atoms with van der Waals surface area (Å²) in [7, 11) is 0. The number of likely N-dealkylation sites (tertiary alicyclic amines) is 1. The van der Waals surface area contributed by atoms with Crippen LogP contribution < -0.4 is 5.32 Å². The molecule has 0 saturated carbocycles. The molecule has 0 aromatic heterocycles. The summed E-state index contributed by atoms with van der Waals surface area (Å²) in [5, 5.41) is 3.20. The summed E-state index contributed by atoms with van der Waals surface area (Å²) in [6, 6.07) is 4.24. The first kappa shape index (κ1) is 16.0. The van der Waals surface area contributed by atoms with Crippen molar-refractivity contribution >= 4 is 11.6 Å². The Hall–Kier alpha value is -1.35. The third kappa shape index (κ3) is 3.65. The SMILES string of the molecule is CCCN1CCCCC1C(=O)Nc1c(C)ccc(C)c1C. The lowest BCUT2D eigenvalue weighted by Gasteiger charge is -2.34. The molecule has 1 unspecified atom stereocenters. The van der Waals surface area contributed by atoms with Gasteiger partial charge in [0.1, 0.15) is 0 Å². The highest BCUT2D eigenvalue weighted by molar-refractivity contribution is 5.96. The van der Waals surface area contributed by atoms with Gasteiger partial charge < -0.3 is 5.32 Å². The number of benzene rings is 1. The van der Waals surface area contributed by atoms with Gasteiger partial charge in [0.15, 0.2) is 0 Å². The lowest BCUT2D eigenvalue weighted by atomic mass is 9.99. The van der Waals surface area contributed by atoms with Gasteiger partial charge in [0.2, 0.25) is 5.91 Å². The molecule has 0 aliphatic carbocycles. The Bertz CT molecular complexity index is 508. The quantitative estimate of drug-likeness (QED) is 0.913. The molecule has 1 amide bonds. The number of nitrogens with zero attached hydrogens (tertiary/aromatic N) is 1. The van der Waals surface area contributed by atoms with Crippen molar-refractivity contribution in [1.29, 1.82) is 0 Å². The number of piperidine rings is 1. The zero-order valence-electron chi connectivity index (χ0n) is 13.8. The third-order valence-electron chi connectivity index (χ3n) is 4.62. The lowest BCUT2D eigenvalue weighted by molar-refractivity contribution is -0.122. The van der Waals surface area contributed by atoms with Crippen molar-refractivity contribution in [3.63, 3.8) is 0 Å². The maximum absolute atomic E-state index is 12.7. The first-order valence-corrected chi connectivity index (χ1v) is 8.16. The number of anilines is 1. The van der Waals surface area contributed by atoms with E-state index >= 15 is 0 Å². The number of aryl methyl sites for hydroxylation is 2. The second-order valence-corrected chi connectivity index (χ2v) is 6.24. The van der Waals surface area contributed by atoms with Gasteiger partial charge in [-0.25, -0.2) is 0 Å². The van der Waals surface area contributed by atoms with Crippen molar-refractivity contribution in [2.24, 2.45) is 0 Å². The molecule has 1 atom stereocenters. The minimum Gasteiger partial charge on any atom is -0.324 e. The van der Waals surface area contributed by atoms with Crippen molar-refractivity contribution in [3.05, 3.63) is 28.8 Å². The van der Waals surface area contributed by atoms with E-state index in [1.807, 2.05) is 0 Å². The van der Waals surface area contributed by atoms with Crippen LogP contribution in [0.4, 0.5) is 5.69 Å². The van der Waals surface area contributed by atoms with E-state index in [0.717, 1.165) is 43.6 Å². The summed E-state index contributed by atoms with van der Waals surface area (Å²) in [5.74, 6) is 0.167. The van der Waals surface area contributed by atoms with Crippen LogP contribution in [0, 0.1) is 20.8 Å². The van der Waals surface area contributed by atoms with Crippen LogP contribution in [0.2, 0.25) is 0 Å². The Morgan fingerprint density at radius 1 is 1.24 bits per heavy atom. The van der Waals surface area contributed by atoms with Crippen LogP contribution in [0.5, 0.6) is 0 Å². The van der Waals surface area contributed by atoms with E-state index in [4.69, 9.17) is 0 Å². The Balaban J connectivity index is 2.15. The number of nitrogens with one attached hydrogen (secondary N) is 1. The average Bonchev–Trinajstić information content (AvgIpc) is 2.48. The normalized spacial score (nSPS) is 19.5. The Morgan fingerprint density at radius 3 is 2.67 bits per heavy atom. The molecule has 1 fully saturated rings. The van der Waals surface area contributed by atoms with Gasteiger partial charge in [-0.15, -0.1) is 0 Å². The van der Waals surface area contributed by atoms with Gasteiger partial charge in [-0.05, 0) is 69.8 Å². The van der Waals surface area contributed by atoms with Crippen LogP contribution in [0.1, 0.15) is 49.3 Å². The first-order chi connectivity index (χ1) is 10.0. The summed E-state index contributed by atoms with van der Waals surface area (Å²) in [4.78, 5) is 15.1. The molecule has 3 heteroatoms. The maximum Gasteiger partial charge on any atom is 0.241 e. The maximum atomic E-state index is 12.7. The molecule has 21 heavy (non-hydrogen) atoms. The molecule has 0 bridgehead atoms. The molecule has 2 rings (SSSR count). The van der Waals surface area contributed by atoms with E-state index in [1.165, 1.54) is 17.5 Å². The monoisotopic (exact) mass is 288 g/mol. The van der Waals surface area contributed by atoms with Crippen LogP contribution >= 0.6 is 0 Å². The Labute approximate surface area is 128 Å². The predicted octanol–water partition coefficient (Wildman–Crippen LogP) is 3.81. The lowest BCUT2D eigenvalue weighted by Crippen LogP contribution is -2.47. The fourth-order valence-corrected chi connectivity index (χ4v) is 3.19. The van der Waals surface area contributed by atoms with Crippen molar-refractivity contribution in [2.45, 2.75) is 59.4 Å². The number of hydrogen-bond acceptors (Lipinski definition) is 2. The minimum absolute atomic E-state index is 0.0398. The summed E-state index contributed by atoms with van der Waals surface area (Å²) in [6.07, 6.45) is 4.46. The molecule has 0 spiro atoms. The highest BCUT2D eigenvalue weighted by Gasteiger charge is 2.28. The van der Waals surface area contributed by atoms with Crippen LogP contribution in [0.25, 0.3) is 0 Å². The average molecular weight is 288 g/mol. The van der Waals surface area contributed by atoms with Gasteiger partial charge >= 0.3 is 0 Å². The molecule has 1 saturated heterocycles. The summed E-state index contributed by atoms with van der Waals surface area (Å²) in [6.45, 7) is 10.5. The fourth-order valence-electron chi connectivity index (χ4n) is 3.19. The van der Waals surface area contributed by atoms with Gasteiger partial charge in [0.05, 0.1) is 6.04 Å². The summed E-state index contributed by atoms with van der Waals surface area (Å²) >= 11 is 0. The molecule has 3 nitrogen and oxygen atoms in total. The summed E-state index contributed by atoms with van der Waals surface area (Å²) < 4.78 is 0. The van der Waals surface area contributed by atoms with Crippen molar-refractivity contribution in [2.75, 3.05) is 18.4 Å². The molecule has 1 aliphatic rings. The second kappa shape index (κ2) is 7.08. The number of carbonyl (C=O) groups is 1. The zero-order chi connectivity index (χ0) is 15.4. The smallest absolute Gasteiger partial charge is 0.241 e. The van der Waals surface area contributed by atoms with Gasteiger partial charge in [-0.3, -0.25) is 9.69 Å². The van der Waals surface area contributed by atoms with Gasteiger partial charge in [-0.1, -0.05) is 25.5 Å². The number of rotatable bonds is 4. The van der Waals surface area contributed by atoms with Crippen LogP contribution in [-0.2, 0) is 4.79 Å². The number of amides is 1. The van der Waals surface area contributed by atoms with Crippen molar-refractivity contribution in [1.82, 2.24) is 4.90 Å². The molecule has 116 valence electrons. The van der Waals surface area contributed by atoms with Crippen LogP contribution in [0.3, 0.4) is 0 Å². The van der Waals surface area contributed by atoms with E-state index < -0.39 is 0 Å². The van der Waals surface area contributed by atoms with Gasteiger partial charge in [-0.2, -0.15) is 0 Å². The Morgan fingerprint density at radius 2 is 1.95 bits per heavy atom. The molecule has 1 aromatic carbocycles. The van der Waals surface area contributed by atoms with E-state index in [-0.39, 0.29) is 11.9 Å². The third-order valence-corrected chi connectivity index (χ3v) is 4.62. The molecule has 0 radical (unpaired) electrons. The second-order valence-electron chi connectivity index (χ2n) is 6.24. The Kier molecular flexibility index (Phi) is 5.40. The van der Waals surface area contributed by atoms with E-state index in [1.54, 1.807) is 0 Å². The molecule has 1 N–H and O–H groups in total. The van der Waals surface area contributed by atoms with E-state index in [2.05, 4.69) is 50.0 Å². The highest BCUT2D eigenvalue weighted by atomic mass is 16.2. The largest absolute Gasteiger partial charge is 0.324 e. The van der Waals surface area contributed by atoms with E-state index in [0.29, 0.717) is 0 Å². The first-order valence-electron chi connectivity index (χ1n) is 8.16. The fraction of sp³-hybridized carbons (Fsp3) is 0.611. The van der Waals surface area contributed by atoms with Crippen molar-refractivity contribution < 1.29 is 4.79 Å². The van der Waals surface area contributed by atoms with Crippen molar-refractivity contribution in [3.8, 4) is 0 Å². The minimum atomic E-state index is 0.0398. The molecular weight excluding hydrogens is 260 g/mol. The van der Waals surface area contributed by atoms with E-state index in [9.17, 15) is 4.79 Å². The summed E-state index contributed by atoms with van der Waals surface area (Å²) in [5.41, 5.74) is 4.55. The highest BCUT2D eigenvalue weighted by Crippen LogP contribution is 2.25. The molecule has 1 heterocycles. The molecular formula is C18H28N2O.